The van der Waals surface area contributed by atoms with Crippen molar-refractivity contribution in [2.24, 2.45) is 4.40 Å². The van der Waals surface area contributed by atoms with Crippen LogP contribution in [0, 0.1) is 0 Å². The summed E-state index contributed by atoms with van der Waals surface area (Å²) >= 11 is 14.6. The molecule has 2 aromatic carbocycles. The Morgan fingerprint density at radius 2 is 1.97 bits per heavy atom. The molecule has 1 aromatic heterocycles. The average Bonchev–Trinajstić information content (AvgIpc) is 3.32. The van der Waals surface area contributed by atoms with Gasteiger partial charge in [-0.05, 0) is 42.1 Å². The van der Waals surface area contributed by atoms with Crippen LogP contribution in [0.5, 0.6) is 0 Å². The molecule has 0 radical (unpaired) electrons. The summed E-state index contributed by atoms with van der Waals surface area (Å²) in [5.41, 5.74) is 2.78. The molecule has 3 heterocycles. The second-order valence-electron chi connectivity index (χ2n) is 6.72. The molecule has 1 N–H and O–H groups in total. The van der Waals surface area contributed by atoms with Gasteiger partial charge in [-0.2, -0.15) is 0 Å². The Morgan fingerprint density at radius 1 is 1.13 bits per heavy atom. The Morgan fingerprint density at radius 3 is 2.77 bits per heavy atom. The topological polar surface area (TPSA) is 91.7 Å². The highest BCUT2D eigenvalue weighted by Crippen LogP contribution is 2.42. The molecule has 0 aliphatic carbocycles. The van der Waals surface area contributed by atoms with E-state index < -0.39 is 10.0 Å². The van der Waals surface area contributed by atoms with Gasteiger partial charge in [0.25, 0.3) is 15.9 Å². The van der Waals surface area contributed by atoms with Gasteiger partial charge in [0.05, 0.1) is 27.2 Å². The van der Waals surface area contributed by atoms with Gasteiger partial charge in [0.1, 0.15) is 0 Å². The lowest BCUT2D eigenvalue weighted by molar-refractivity contribution is 0.102. The highest BCUT2D eigenvalue weighted by atomic mass is 35.5. The molecular formula is C19H12Cl2N4O3S3. The maximum atomic E-state index is 12.7. The number of hydrogen-bond acceptors (Lipinski definition) is 7. The number of nitrogens with one attached hydrogen (secondary N) is 1. The molecule has 5 rings (SSSR count). The fourth-order valence-electron chi connectivity index (χ4n) is 3.16. The number of aromatic nitrogens is 1. The molecule has 0 spiro atoms. The minimum atomic E-state index is -3.42. The molecule has 0 atom stereocenters. The summed E-state index contributed by atoms with van der Waals surface area (Å²) in [6.07, 6.45) is 0. The number of benzene rings is 2. The lowest BCUT2D eigenvalue weighted by Crippen LogP contribution is -2.35. The van der Waals surface area contributed by atoms with E-state index in [1.807, 2.05) is 16.3 Å². The van der Waals surface area contributed by atoms with Crippen LogP contribution in [0.15, 0.2) is 51.1 Å². The summed E-state index contributed by atoms with van der Waals surface area (Å²) in [6, 6.07) is 10.5. The van der Waals surface area contributed by atoms with Crippen LogP contribution in [-0.2, 0) is 10.0 Å². The number of anilines is 2. The lowest BCUT2D eigenvalue weighted by Gasteiger charge is -2.22. The number of nitrogens with zero attached hydrogens (tertiary/aromatic N) is 3. The number of thiazole rings is 1. The minimum absolute atomic E-state index is 0.0239. The summed E-state index contributed by atoms with van der Waals surface area (Å²) in [4.78, 5) is 19.8. The van der Waals surface area contributed by atoms with E-state index in [2.05, 4.69) is 14.7 Å². The van der Waals surface area contributed by atoms with E-state index in [1.54, 1.807) is 30.3 Å². The highest BCUT2D eigenvalue weighted by molar-refractivity contribution is 8.15. The van der Waals surface area contributed by atoms with Crippen molar-refractivity contribution in [3.63, 3.8) is 0 Å². The second-order valence-corrected chi connectivity index (χ2v) is 11.2. The molecule has 0 fully saturated rings. The Labute approximate surface area is 196 Å². The van der Waals surface area contributed by atoms with Crippen molar-refractivity contribution in [3.8, 4) is 11.3 Å². The van der Waals surface area contributed by atoms with Crippen molar-refractivity contribution in [2.45, 2.75) is 4.90 Å². The van der Waals surface area contributed by atoms with E-state index in [9.17, 15) is 13.2 Å². The van der Waals surface area contributed by atoms with Gasteiger partial charge < -0.3 is 4.90 Å². The summed E-state index contributed by atoms with van der Waals surface area (Å²) < 4.78 is 27.3. The molecule has 12 heteroatoms. The van der Waals surface area contributed by atoms with Gasteiger partial charge in [-0.3, -0.25) is 10.1 Å². The first-order chi connectivity index (χ1) is 14.8. The number of thioether (sulfide) groups is 1. The standard InChI is InChI=1S/C19H12Cl2N4O3S3/c20-12-3-1-10(7-13(12)21)14-9-29-18(22-14)23-17(26)11-2-4-15-16(8-11)30-19-24-31(27,28)6-5-25(15)19/h1-4,7-9H,5-6H2,(H,22,23,26). The Balaban J connectivity index is 1.35. The zero-order valence-corrected chi connectivity index (χ0v) is 19.5. The number of carbonyl (C=O) groups is 1. The van der Waals surface area contributed by atoms with Crippen molar-refractivity contribution in [1.82, 2.24) is 4.98 Å². The van der Waals surface area contributed by atoms with Crippen LogP contribution in [0.2, 0.25) is 10.0 Å². The predicted octanol–water partition coefficient (Wildman–Crippen LogP) is 4.98. The van der Waals surface area contributed by atoms with Crippen LogP contribution in [0.4, 0.5) is 10.8 Å². The summed E-state index contributed by atoms with van der Waals surface area (Å²) in [5, 5.41) is 6.39. The minimum Gasteiger partial charge on any atom is -0.318 e. The van der Waals surface area contributed by atoms with Gasteiger partial charge in [0.2, 0.25) is 0 Å². The number of sulfonamides is 1. The van der Waals surface area contributed by atoms with E-state index in [0.717, 1.165) is 16.1 Å². The van der Waals surface area contributed by atoms with Crippen molar-refractivity contribution in [2.75, 3.05) is 22.5 Å². The molecule has 3 aromatic rings. The monoisotopic (exact) mass is 510 g/mol. The molecule has 0 unspecified atom stereocenters. The first-order valence-electron chi connectivity index (χ1n) is 8.93. The van der Waals surface area contributed by atoms with Crippen LogP contribution in [0.3, 0.4) is 0 Å². The zero-order valence-electron chi connectivity index (χ0n) is 15.5. The molecule has 158 valence electrons. The fraction of sp³-hybridized carbons (Fsp3) is 0.105. The molecule has 0 saturated carbocycles. The number of halogens is 2. The van der Waals surface area contributed by atoms with Crippen LogP contribution in [0.1, 0.15) is 10.4 Å². The number of rotatable bonds is 3. The van der Waals surface area contributed by atoms with Gasteiger partial charge >= 0.3 is 0 Å². The predicted molar refractivity (Wildman–Crippen MR) is 126 cm³/mol. The molecule has 2 aliphatic heterocycles. The van der Waals surface area contributed by atoms with Crippen molar-refractivity contribution < 1.29 is 13.2 Å². The van der Waals surface area contributed by atoms with Gasteiger partial charge in [-0.25, -0.2) is 13.4 Å². The van der Waals surface area contributed by atoms with Crippen LogP contribution in [0.25, 0.3) is 11.3 Å². The van der Waals surface area contributed by atoms with Crippen LogP contribution >= 0.6 is 46.3 Å². The number of carbonyl (C=O) groups excluding carboxylic acids is 1. The Hall–Kier alpha value is -2.11. The highest BCUT2D eigenvalue weighted by Gasteiger charge is 2.33. The summed E-state index contributed by atoms with van der Waals surface area (Å²) in [7, 11) is -3.42. The maximum Gasteiger partial charge on any atom is 0.257 e. The van der Waals surface area contributed by atoms with Crippen LogP contribution < -0.4 is 10.2 Å². The van der Waals surface area contributed by atoms with E-state index >= 15 is 0 Å². The number of amides is 1. The van der Waals surface area contributed by atoms with Crippen molar-refractivity contribution in [3.05, 3.63) is 57.4 Å². The van der Waals surface area contributed by atoms with Crippen LogP contribution in [-0.4, -0.2) is 36.8 Å². The van der Waals surface area contributed by atoms with E-state index in [0.29, 0.717) is 38.1 Å². The maximum absolute atomic E-state index is 12.7. The lowest BCUT2D eigenvalue weighted by atomic mass is 10.2. The number of fused-ring (bicyclic) bond motifs is 3. The SMILES string of the molecule is O=C(Nc1nc(-c2ccc(Cl)c(Cl)c2)cs1)c1ccc2c(c1)SC1=NS(=O)(=O)CCN12. The average molecular weight is 511 g/mol. The second kappa shape index (κ2) is 7.79. The summed E-state index contributed by atoms with van der Waals surface area (Å²) in [5.74, 6) is -0.331. The fourth-order valence-corrected chi connectivity index (χ4v) is 6.47. The van der Waals surface area contributed by atoms with Crippen molar-refractivity contribution >= 4 is 78.2 Å². The summed E-state index contributed by atoms with van der Waals surface area (Å²) in [6.45, 7) is 0.351. The third-order valence-corrected chi connectivity index (χ3v) is 8.48. The smallest absolute Gasteiger partial charge is 0.257 e. The molecule has 2 aliphatic rings. The first kappa shape index (κ1) is 20.8. The largest absolute Gasteiger partial charge is 0.318 e. The molecule has 0 saturated heterocycles. The van der Waals surface area contributed by atoms with Gasteiger partial charge in [0, 0.05) is 27.9 Å². The van der Waals surface area contributed by atoms with Gasteiger partial charge in [0.15, 0.2) is 10.3 Å². The number of amidine groups is 1. The van der Waals surface area contributed by atoms with E-state index in [1.165, 1.54) is 23.1 Å². The molecule has 7 nitrogen and oxygen atoms in total. The van der Waals surface area contributed by atoms with E-state index in [-0.39, 0.29) is 11.7 Å². The third kappa shape index (κ3) is 4.06. The number of hydrogen-bond donors (Lipinski definition) is 1. The van der Waals surface area contributed by atoms with Gasteiger partial charge in [-0.1, -0.05) is 29.3 Å². The molecule has 0 bridgehead atoms. The Bertz CT molecular complexity index is 1370. The molecular weight excluding hydrogens is 499 g/mol. The van der Waals surface area contributed by atoms with Gasteiger partial charge in [-0.15, -0.1) is 15.7 Å². The Kier molecular flexibility index (Phi) is 5.22. The van der Waals surface area contributed by atoms with E-state index in [4.69, 9.17) is 23.2 Å². The molecule has 31 heavy (non-hydrogen) atoms. The first-order valence-corrected chi connectivity index (χ1v) is 13.0. The van der Waals surface area contributed by atoms with Crippen molar-refractivity contribution in [1.29, 1.82) is 0 Å². The zero-order chi connectivity index (χ0) is 21.8. The third-order valence-electron chi connectivity index (χ3n) is 4.67. The normalized spacial score (nSPS) is 16.5. The quantitative estimate of drug-likeness (QED) is 0.533. The molecule has 1 amide bonds.